The van der Waals surface area contributed by atoms with Gasteiger partial charge in [-0.25, -0.2) is 0 Å². The molecule has 1 rings (SSSR count). The molecule has 3 atom stereocenters. The van der Waals surface area contributed by atoms with Crippen molar-refractivity contribution in [2.75, 3.05) is 6.54 Å². The molecule has 104 valence electrons. The number of carboxylic acid groups (broad SMARTS) is 1. The number of carbonyl (C=O) groups is 2. The van der Waals surface area contributed by atoms with Gasteiger partial charge in [-0.3, -0.25) is 9.59 Å². The summed E-state index contributed by atoms with van der Waals surface area (Å²) in [4.78, 5) is 25.0. The molecule has 1 saturated heterocycles. The van der Waals surface area contributed by atoms with Crippen LogP contribution in [-0.4, -0.2) is 34.5 Å². The molecule has 0 aromatic heterocycles. The second-order valence-electron chi connectivity index (χ2n) is 5.91. The fourth-order valence-electron chi connectivity index (χ4n) is 2.86. The molecule has 0 aromatic rings. The average Bonchev–Trinajstić information content (AvgIpc) is 2.21. The van der Waals surface area contributed by atoms with Crippen LogP contribution in [0.1, 0.15) is 47.0 Å². The van der Waals surface area contributed by atoms with Gasteiger partial charge in [0.25, 0.3) is 0 Å². The van der Waals surface area contributed by atoms with E-state index in [1.807, 2.05) is 13.8 Å². The first-order valence-electron chi connectivity index (χ1n) is 6.86. The van der Waals surface area contributed by atoms with Crippen LogP contribution in [0.3, 0.4) is 0 Å². The molecule has 0 saturated carbocycles. The molecule has 1 N–H and O–H groups in total. The van der Waals surface area contributed by atoms with Crippen LogP contribution >= 0.6 is 0 Å². The highest BCUT2D eigenvalue weighted by Gasteiger charge is 2.41. The predicted octanol–water partition coefficient (Wildman–Crippen LogP) is 2.38. The molecular weight excluding hydrogens is 230 g/mol. The maximum absolute atomic E-state index is 12.0. The monoisotopic (exact) mass is 255 g/mol. The highest BCUT2D eigenvalue weighted by Crippen LogP contribution is 2.30. The quantitative estimate of drug-likeness (QED) is 0.820. The van der Waals surface area contributed by atoms with Gasteiger partial charge >= 0.3 is 5.97 Å². The summed E-state index contributed by atoms with van der Waals surface area (Å²) in [7, 11) is 0. The van der Waals surface area contributed by atoms with Gasteiger partial charge in [-0.05, 0) is 31.6 Å². The maximum atomic E-state index is 12.0. The fraction of sp³-hybridized carbons (Fsp3) is 0.857. The second kappa shape index (κ2) is 6.21. The molecule has 1 heterocycles. The minimum absolute atomic E-state index is 0.0636. The standard InChI is InChI=1S/C14H25NO3/c1-9(2)6-5-7-15-11(4)13(14(17)18)10(3)8-12(15)16/h9-11,13H,5-8H2,1-4H3,(H,17,18). The Bertz CT molecular complexity index is 314. The molecule has 1 amide bonds. The Labute approximate surface area is 109 Å². The lowest BCUT2D eigenvalue weighted by Crippen LogP contribution is -2.52. The molecule has 1 aliphatic rings. The van der Waals surface area contributed by atoms with E-state index in [1.54, 1.807) is 4.90 Å². The molecule has 18 heavy (non-hydrogen) atoms. The van der Waals surface area contributed by atoms with Crippen molar-refractivity contribution >= 4 is 11.9 Å². The number of piperidine rings is 1. The van der Waals surface area contributed by atoms with E-state index in [0.717, 1.165) is 12.8 Å². The van der Waals surface area contributed by atoms with E-state index in [0.29, 0.717) is 18.9 Å². The lowest BCUT2D eigenvalue weighted by atomic mass is 9.81. The van der Waals surface area contributed by atoms with Gasteiger partial charge < -0.3 is 10.0 Å². The van der Waals surface area contributed by atoms with E-state index in [2.05, 4.69) is 13.8 Å². The molecule has 0 aliphatic carbocycles. The molecule has 4 heteroatoms. The van der Waals surface area contributed by atoms with Crippen LogP contribution in [0.15, 0.2) is 0 Å². The SMILES string of the molecule is CC(C)CCCN1C(=O)CC(C)C(C(=O)O)C1C. The minimum Gasteiger partial charge on any atom is -0.481 e. The lowest BCUT2D eigenvalue weighted by molar-refractivity contribution is -0.154. The first-order chi connectivity index (χ1) is 8.34. The smallest absolute Gasteiger partial charge is 0.308 e. The number of nitrogens with zero attached hydrogens (tertiary/aromatic N) is 1. The number of carboxylic acids is 1. The van der Waals surface area contributed by atoms with Crippen LogP contribution in [0, 0.1) is 17.8 Å². The number of rotatable bonds is 5. The van der Waals surface area contributed by atoms with Gasteiger partial charge in [-0.15, -0.1) is 0 Å². The summed E-state index contributed by atoms with van der Waals surface area (Å²) in [5.41, 5.74) is 0. The Hall–Kier alpha value is -1.06. The zero-order chi connectivity index (χ0) is 13.9. The van der Waals surface area contributed by atoms with E-state index in [4.69, 9.17) is 0 Å². The second-order valence-corrected chi connectivity index (χ2v) is 5.91. The zero-order valence-corrected chi connectivity index (χ0v) is 11.8. The van der Waals surface area contributed by atoms with Crippen LogP contribution in [0.2, 0.25) is 0 Å². The molecule has 1 aliphatic heterocycles. The first-order valence-corrected chi connectivity index (χ1v) is 6.86. The van der Waals surface area contributed by atoms with Crippen molar-refractivity contribution in [2.24, 2.45) is 17.8 Å². The van der Waals surface area contributed by atoms with Gasteiger partial charge in [0.1, 0.15) is 0 Å². The summed E-state index contributed by atoms with van der Waals surface area (Å²) >= 11 is 0. The van der Waals surface area contributed by atoms with Gasteiger partial charge in [-0.1, -0.05) is 20.8 Å². The highest BCUT2D eigenvalue weighted by atomic mass is 16.4. The maximum Gasteiger partial charge on any atom is 0.308 e. The summed E-state index contributed by atoms with van der Waals surface area (Å²) < 4.78 is 0. The summed E-state index contributed by atoms with van der Waals surface area (Å²) in [6.07, 6.45) is 2.39. The Morgan fingerprint density at radius 1 is 1.44 bits per heavy atom. The first kappa shape index (κ1) is 15.0. The number of hydrogen-bond acceptors (Lipinski definition) is 2. The Balaban J connectivity index is 2.65. The largest absolute Gasteiger partial charge is 0.481 e. The lowest BCUT2D eigenvalue weighted by Gasteiger charge is -2.40. The molecular formula is C14H25NO3. The van der Waals surface area contributed by atoms with Gasteiger partial charge in [-0.2, -0.15) is 0 Å². The van der Waals surface area contributed by atoms with E-state index in [1.165, 1.54) is 0 Å². The van der Waals surface area contributed by atoms with Crippen molar-refractivity contribution in [1.29, 1.82) is 0 Å². The van der Waals surface area contributed by atoms with Crippen LogP contribution in [0.25, 0.3) is 0 Å². The zero-order valence-electron chi connectivity index (χ0n) is 11.8. The molecule has 0 bridgehead atoms. The molecule has 1 fully saturated rings. The third kappa shape index (κ3) is 3.47. The average molecular weight is 255 g/mol. The molecule has 0 aromatic carbocycles. The van der Waals surface area contributed by atoms with Gasteiger partial charge in [0.2, 0.25) is 5.91 Å². The van der Waals surface area contributed by atoms with Crippen LogP contribution in [0.5, 0.6) is 0 Å². The van der Waals surface area contributed by atoms with Crippen molar-refractivity contribution in [2.45, 2.75) is 53.0 Å². The van der Waals surface area contributed by atoms with Crippen molar-refractivity contribution in [3.63, 3.8) is 0 Å². The molecule has 0 spiro atoms. The summed E-state index contributed by atoms with van der Waals surface area (Å²) in [5.74, 6) is -0.546. The Morgan fingerprint density at radius 2 is 2.06 bits per heavy atom. The normalized spacial score (nSPS) is 28.8. The van der Waals surface area contributed by atoms with Crippen LogP contribution < -0.4 is 0 Å². The summed E-state index contributed by atoms with van der Waals surface area (Å²) in [5, 5.41) is 9.26. The molecule has 0 radical (unpaired) electrons. The third-order valence-electron chi connectivity index (χ3n) is 3.91. The van der Waals surface area contributed by atoms with Gasteiger partial charge in [0, 0.05) is 19.0 Å². The Kier molecular flexibility index (Phi) is 5.17. The summed E-state index contributed by atoms with van der Waals surface area (Å²) in [6, 6.07) is -0.189. The van der Waals surface area contributed by atoms with Crippen LogP contribution in [-0.2, 0) is 9.59 Å². The number of amides is 1. The third-order valence-corrected chi connectivity index (χ3v) is 3.91. The van der Waals surface area contributed by atoms with Crippen molar-refractivity contribution in [3.8, 4) is 0 Å². The number of likely N-dealkylation sites (tertiary alicyclic amines) is 1. The van der Waals surface area contributed by atoms with E-state index >= 15 is 0 Å². The minimum atomic E-state index is -0.781. The van der Waals surface area contributed by atoms with Crippen molar-refractivity contribution in [3.05, 3.63) is 0 Å². The van der Waals surface area contributed by atoms with E-state index in [-0.39, 0.29) is 17.9 Å². The Morgan fingerprint density at radius 3 is 2.56 bits per heavy atom. The number of aliphatic carboxylic acids is 1. The van der Waals surface area contributed by atoms with Gasteiger partial charge in [0.15, 0.2) is 0 Å². The van der Waals surface area contributed by atoms with Crippen molar-refractivity contribution in [1.82, 2.24) is 4.90 Å². The number of carbonyl (C=O) groups excluding carboxylic acids is 1. The number of hydrogen-bond donors (Lipinski definition) is 1. The van der Waals surface area contributed by atoms with Crippen LogP contribution in [0.4, 0.5) is 0 Å². The van der Waals surface area contributed by atoms with E-state index in [9.17, 15) is 14.7 Å². The molecule has 3 unspecified atom stereocenters. The topological polar surface area (TPSA) is 57.6 Å². The van der Waals surface area contributed by atoms with Gasteiger partial charge in [0.05, 0.1) is 5.92 Å². The van der Waals surface area contributed by atoms with E-state index < -0.39 is 11.9 Å². The predicted molar refractivity (Wildman–Crippen MR) is 70.2 cm³/mol. The fourth-order valence-corrected chi connectivity index (χ4v) is 2.86. The summed E-state index contributed by atoms with van der Waals surface area (Å²) in [6.45, 7) is 8.72. The molecule has 4 nitrogen and oxygen atoms in total. The van der Waals surface area contributed by atoms with Crippen molar-refractivity contribution < 1.29 is 14.7 Å². The highest BCUT2D eigenvalue weighted by molar-refractivity contribution is 5.81.